The molecule has 1 aromatic carbocycles. The SMILES string of the molecule is Cc1cccc(N2C(=O)c3oc4ccc(Cl)cc4c(=O)c3[C@H]2c2cccnc2)n1. The van der Waals surface area contributed by atoms with Crippen LogP contribution in [-0.2, 0) is 0 Å². The summed E-state index contributed by atoms with van der Waals surface area (Å²) in [5, 5.41) is 0.751. The van der Waals surface area contributed by atoms with Gasteiger partial charge >= 0.3 is 0 Å². The lowest BCUT2D eigenvalue weighted by atomic mass is 10.00. The summed E-state index contributed by atoms with van der Waals surface area (Å²) in [6.45, 7) is 1.84. The highest BCUT2D eigenvalue weighted by Gasteiger charge is 2.44. The summed E-state index contributed by atoms with van der Waals surface area (Å²) < 4.78 is 5.89. The van der Waals surface area contributed by atoms with Crippen molar-refractivity contribution < 1.29 is 9.21 Å². The number of carbonyl (C=O) groups excluding carboxylic acids is 1. The Balaban J connectivity index is 1.84. The highest BCUT2D eigenvalue weighted by atomic mass is 35.5. The molecule has 0 fully saturated rings. The third-order valence-electron chi connectivity index (χ3n) is 4.95. The van der Waals surface area contributed by atoms with Crippen molar-refractivity contribution in [2.45, 2.75) is 13.0 Å². The first-order chi connectivity index (χ1) is 14.0. The summed E-state index contributed by atoms with van der Waals surface area (Å²) in [6.07, 6.45) is 3.27. The Morgan fingerprint density at radius 1 is 1.10 bits per heavy atom. The number of aromatic nitrogens is 2. The highest BCUT2D eigenvalue weighted by Crippen LogP contribution is 2.40. The first kappa shape index (κ1) is 17.6. The van der Waals surface area contributed by atoms with Crippen LogP contribution in [0, 0.1) is 6.92 Å². The molecule has 3 aromatic heterocycles. The molecule has 1 amide bonds. The zero-order valence-electron chi connectivity index (χ0n) is 15.3. The molecule has 0 saturated carbocycles. The second kappa shape index (κ2) is 6.53. The molecular formula is C22H14ClN3O3. The van der Waals surface area contributed by atoms with E-state index in [1.54, 1.807) is 42.7 Å². The van der Waals surface area contributed by atoms with Crippen molar-refractivity contribution >= 4 is 34.3 Å². The number of rotatable bonds is 2. The van der Waals surface area contributed by atoms with Gasteiger partial charge in [-0.25, -0.2) is 4.98 Å². The van der Waals surface area contributed by atoms with Gasteiger partial charge in [0.15, 0.2) is 5.43 Å². The van der Waals surface area contributed by atoms with Crippen molar-refractivity contribution in [1.29, 1.82) is 0 Å². The Labute approximate surface area is 170 Å². The van der Waals surface area contributed by atoms with Gasteiger partial charge in [0.25, 0.3) is 5.91 Å². The minimum Gasteiger partial charge on any atom is -0.450 e. The Kier molecular flexibility index (Phi) is 3.96. The summed E-state index contributed by atoms with van der Waals surface area (Å²) in [4.78, 5) is 36.9. The first-order valence-electron chi connectivity index (χ1n) is 8.98. The molecule has 0 N–H and O–H groups in total. The van der Waals surface area contributed by atoms with E-state index in [-0.39, 0.29) is 16.8 Å². The number of pyridine rings is 2. The van der Waals surface area contributed by atoms with Crippen LogP contribution >= 0.6 is 11.6 Å². The van der Waals surface area contributed by atoms with Crippen molar-refractivity contribution in [2.75, 3.05) is 4.90 Å². The molecule has 0 unspecified atom stereocenters. The summed E-state index contributed by atoms with van der Waals surface area (Å²) >= 11 is 6.09. The molecule has 4 aromatic rings. The predicted octanol–water partition coefficient (Wildman–Crippen LogP) is 4.29. The number of halogens is 1. The number of hydrogen-bond donors (Lipinski definition) is 0. The third kappa shape index (κ3) is 2.72. The van der Waals surface area contributed by atoms with E-state index in [2.05, 4.69) is 9.97 Å². The fourth-order valence-corrected chi connectivity index (χ4v) is 3.87. The quantitative estimate of drug-likeness (QED) is 0.499. The molecule has 1 aliphatic heterocycles. The maximum atomic E-state index is 13.4. The van der Waals surface area contributed by atoms with Gasteiger partial charge in [0.1, 0.15) is 11.4 Å². The molecule has 5 rings (SSSR count). The van der Waals surface area contributed by atoms with Crippen molar-refractivity contribution in [3.63, 3.8) is 0 Å². The normalized spacial score (nSPS) is 15.7. The van der Waals surface area contributed by atoms with Crippen LogP contribution in [0.3, 0.4) is 0 Å². The van der Waals surface area contributed by atoms with Gasteiger partial charge in [-0.15, -0.1) is 0 Å². The molecule has 0 spiro atoms. The lowest BCUT2D eigenvalue weighted by Gasteiger charge is -2.24. The maximum Gasteiger partial charge on any atom is 0.296 e. The van der Waals surface area contributed by atoms with Crippen LogP contribution in [0.4, 0.5) is 5.82 Å². The maximum absolute atomic E-state index is 13.4. The zero-order valence-corrected chi connectivity index (χ0v) is 16.1. The average molecular weight is 404 g/mol. The van der Waals surface area contributed by atoms with Gasteiger partial charge in [-0.3, -0.25) is 19.5 Å². The second-order valence-electron chi connectivity index (χ2n) is 6.82. The number of hydrogen-bond acceptors (Lipinski definition) is 5. The molecule has 0 saturated heterocycles. The Hall–Kier alpha value is -3.51. The average Bonchev–Trinajstić information content (AvgIpc) is 3.02. The van der Waals surface area contributed by atoms with Crippen LogP contribution in [0.15, 0.2) is 70.1 Å². The van der Waals surface area contributed by atoms with Crippen LogP contribution < -0.4 is 10.3 Å². The van der Waals surface area contributed by atoms with E-state index in [0.29, 0.717) is 27.4 Å². The predicted molar refractivity (Wildman–Crippen MR) is 109 cm³/mol. The zero-order chi connectivity index (χ0) is 20.1. The fourth-order valence-electron chi connectivity index (χ4n) is 3.70. The highest BCUT2D eigenvalue weighted by molar-refractivity contribution is 6.31. The summed E-state index contributed by atoms with van der Waals surface area (Å²) in [5.74, 6) is 0.0413. The molecule has 142 valence electrons. The topological polar surface area (TPSA) is 76.3 Å². The Morgan fingerprint density at radius 2 is 1.97 bits per heavy atom. The largest absolute Gasteiger partial charge is 0.450 e. The molecule has 0 aliphatic carbocycles. The van der Waals surface area contributed by atoms with Crippen LogP contribution in [-0.4, -0.2) is 15.9 Å². The fraction of sp³-hybridized carbons (Fsp3) is 0.0909. The van der Waals surface area contributed by atoms with E-state index in [1.807, 2.05) is 25.1 Å². The van der Waals surface area contributed by atoms with E-state index in [4.69, 9.17) is 16.0 Å². The smallest absolute Gasteiger partial charge is 0.296 e. The van der Waals surface area contributed by atoms with E-state index in [0.717, 1.165) is 5.69 Å². The molecule has 1 atom stereocenters. The van der Waals surface area contributed by atoms with Gasteiger partial charge in [-0.2, -0.15) is 0 Å². The second-order valence-corrected chi connectivity index (χ2v) is 7.25. The summed E-state index contributed by atoms with van der Waals surface area (Å²) in [7, 11) is 0. The first-order valence-corrected chi connectivity index (χ1v) is 9.36. The summed E-state index contributed by atoms with van der Waals surface area (Å²) in [5.41, 5.74) is 1.74. The van der Waals surface area contributed by atoms with Gasteiger partial charge in [0, 0.05) is 23.1 Å². The van der Waals surface area contributed by atoms with Crippen LogP contribution in [0.5, 0.6) is 0 Å². The monoisotopic (exact) mass is 403 g/mol. The molecule has 6 nitrogen and oxygen atoms in total. The molecule has 0 bridgehead atoms. The molecule has 0 radical (unpaired) electrons. The standard InChI is InChI=1S/C22H14ClN3O3/c1-12-4-2-6-17(25-12)26-19(13-5-3-9-24-11-13)18-20(27)15-10-14(23)7-8-16(15)29-21(18)22(26)28/h2-11,19H,1H3/t19-/m1/s1. The molecule has 29 heavy (non-hydrogen) atoms. The Bertz CT molecular complexity index is 1330. The van der Waals surface area contributed by atoms with E-state index in [1.165, 1.54) is 4.90 Å². The molecule has 1 aliphatic rings. The number of fused-ring (bicyclic) bond motifs is 2. The van der Waals surface area contributed by atoms with Crippen molar-refractivity contribution in [2.24, 2.45) is 0 Å². The number of nitrogens with zero attached hydrogens (tertiary/aromatic N) is 3. The molecular weight excluding hydrogens is 390 g/mol. The number of carbonyl (C=O) groups is 1. The summed E-state index contributed by atoms with van der Waals surface area (Å²) in [6, 6.07) is 13.1. The lowest BCUT2D eigenvalue weighted by Crippen LogP contribution is -2.30. The van der Waals surface area contributed by atoms with Crippen molar-refractivity contribution in [3.05, 3.63) is 98.8 Å². The Morgan fingerprint density at radius 3 is 2.72 bits per heavy atom. The van der Waals surface area contributed by atoms with Gasteiger partial charge in [0.2, 0.25) is 5.76 Å². The van der Waals surface area contributed by atoms with Crippen LogP contribution in [0.2, 0.25) is 5.02 Å². The van der Waals surface area contributed by atoms with E-state index < -0.39 is 11.9 Å². The minimum absolute atomic E-state index is 0.0157. The van der Waals surface area contributed by atoms with Crippen LogP contribution in [0.1, 0.15) is 33.4 Å². The van der Waals surface area contributed by atoms with Gasteiger partial charge in [-0.1, -0.05) is 23.7 Å². The third-order valence-corrected chi connectivity index (χ3v) is 5.19. The minimum atomic E-state index is -0.694. The number of aryl methyl sites for hydroxylation is 1. The van der Waals surface area contributed by atoms with Crippen molar-refractivity contribution in [3.8, 4) is 0 Å². The van der Waals surface area contributed by atoms with Gasteiger partial charge in [-0.05, 0) is 48.9 Å². The van der Waals surface area contributed by atoms with Crippen molar-refractivity contribution in [1.82, 2.24) is 9.97 Å². The van der Waals surface area contributed by atoms with Gasteiger partial charge < -0.3 is 4.42 Å². The van der Waals surface area contributed by atoms with Gasteiger partial charge in [0.05, 0.1) is 17.0 Å². The lowest BCUT2D eigenvalue weighted by molar-refractivity contribution is 0.0970. The van der Waals surface area contributed by atoms with Crippen LogP contribution in [0.25, 0.3) is 11.0 Å². The number of benzene rings is 1. The van der Waals surface area contributed by atoms with E-state index >= 15 is 0 Å². The number of anilines is 1. The van der Waals surface area contributed by atoms with E-state index in [9.17, 15) is 9.59 Å². The molecule has 7 heteroatoms. The molecule has 4 heterocycles. The number of amides is 1.